The minimum Gasteiger partial charge on any atom is -0.344 e. The highest BCUT2D eigenvalue weighted by Gasteiger charge is 2.42. The van der Waals surface area contributed by atoms with Crippen LogP contribution in [0, 0.1) is 0 Å². The van der Waals surface area contributed by atoms with Crippen molar-refractivity contribution in [2.75, 3.05) is 22.9 Å². The van der Waals surface area contributed by atoms with E-state index >= 15 is 0 Å². The lowest BCUT2D eigenvalue weighted by Gasteiger charge is -2.27. The number of Topliss-reactive ketones (excluding diaryl/α,β-unsaturated/α-hetero) is 1. The number of hydrogen-bond donors (Lipinski definition) is 0. The number of hydrogen-bond acceptors (Lipinski definition) is 3. The third kappa shape index (κ3) is 6.29. The molecule has 0 bridgehead atoms. The Bertz CT molecular complexity index is 2050. The van der Waals surface area contributed by atoms with E-state index in [2.05, 4.69) is 161 Å². The maximum atomic E-state index is 13.4. The van der Waals surface area contributed by atoms with Crippen molar-refractivity contribution < 1.29 is 4.79 Å². The van der Waals surface area contributed by atoms with E-state index in [-0.39, 0.29) is 16.6 Å². The lowest BCUT2D eigenvalue weighted by atomic mass is 9.81. The summed E-state index contributed by atoms with van der Waals surface area (Å²) in [7, 11) is 0. The first-order valence-electron chi connectivity index (χ1n) is 19.5. The SMILES string of the molecule is CCCCN1/C(=C/C=C/C=C2\CC\C(=C/C=C/C=C3/N(CCCC)c4ccc5ccccc5c4C3(C)C)C2=O)C(C)(C)c2c1ccc1ccccc21. The molecule has 2 heterocycles. The lowest BCUT2D eigenvalue weighted by Crippen LogP contribution is -2.27. The number of carbonyl (C=O) groups is 1. The van der Waals surface area contributed by atoms with Gasteiger partial charge in [-0.2, -0.15) is 0 Å². The van der Waals surface area contributed by atoms with E-state index < -0.39 is 0 Å². The zero-order valence-electron chi connectivity index (χ0n) is 32.0. The van der Waals surface area contributed by atoms with Crippen LogP contribution in [0.5, 0.6) is 0 Å². The smallest absolute Gasteiger partial charge is 0.185 e. The quantitative estimate of drug-likeness (QED) is 0.155. The average molecular weight is 687 g/mol. The molecule has 0 aromatic heterocycles. The number of allylic oxidation sites excluding steroid dienone is 12. The van der Waals surface area contributed by atoms with Crippen molar-refractivity contribution in [1.29, 1.82) is 0 Å². The van der Waals surface area contributed by atoms with Gasteiger partial charge in [-0.3, -0.25) is 4.79 Å². The predicted octanol–water partition coefficient (Wildman–Crippen LogP) is 12.6. The summed E-state index contributed by atoms with van der Waals surface area (Å²) >= 11 is 0. The van der Waals surface area contributed by atoms with Crippen molar-refractivity contribution in [2.45, 2.75) is 90.9 Å². The van der Waals surface area contributed by atoms with Crippen molar-refractivity contribution in [3.05, 3.63) is 155 Å². The summed E-state index contributed by atoms with van der Waals surface area (Å²) < 4.78 is 0. The Morgan fingerprint density at radius 1 is 0.558 bits per heavy atom. The highest BCUT2D eigenvalue weighted by atomic mass is 16.1. The monoisotopic (exact) mass is 686 g/mol. The number of unbranched alkanes of at least 4 members (excludes halogenated alkanes) is 2. The van der Waals surface area contributed by atoms with Gasteiger partial charge in [-0.1, -0.05) is 152 Å². The fraction of sp³-hybridized carbons (Fsp3) is 0.327. The van der Waals surface area contributed by atoms with E-state index in [9.17, 15) is 4.79 Å². The summed E-state index contributed by atoms with van der Waals surface area (Å²) in [5.41, 5.74) is 9.62. The summed E-state index contributed by atoms with van der Waals surface area (Å²) in [5, 5.41) is 5.25. The first-order chi connectivity index (χ1) is 25.2. The first-order valence-corrected chi connectivity index (χ1v) is 19.5. The van der Waals surface area contributed by atoms with Crippen LogP contribution in [-0.2, 0) is 15.6 Å². The van der Waals surface area contributed by atoms with E-state index in [0.29, 0.717) is 0 Å². The third-order valence-corrected chi connectivity index (χ3v) is 11.6. The summed E-state index contributed by atoms with van der Waals surface area (Å²) in [6.07, 6.45) is 23.1. The van der Waals surface area contributed by atoms with Gasteiger partial charge in [0.15, 0.2) is 5.78 Å². The van der Waals surface area contributed by atoms with Gasteiger partial charge in [-0.15, -0.1) is 0 Å². The van der Waals surface area contributed by atoms with E-state index in [1.165, 1.54) is 55.4 Å². The molecular weight excluding hydrogens is 633 g/mol. The largest absolute Gasteiger partial charge is 0.344 e. The van der Waals surface area contributed by atoms with E-state index in [0.717, 1.165) is 62.8 Å². The molecule has 3 nitrogen and oxygen atoms in total. The van der Waals surface area contributed by atoms with Crippen molar-refractivity contribution in [3.63, 3.8) is 0 Å². The minimum atomic E-state index is -0.126. The van der Waals surface area contributed by atoms with Gasteiger partial charge >= 0.3 is 0 Å². The summed E-state index contributed by atoms with van der Waals surface area (Å²) in [4.78, 5) is 18.5. The van der Waals surface area contributed by atoms with Gasteiger partial charge in [-0.05, 0) is 82.6 Å². The molecule has 1 fully saturated rings. The van der Waals surface area contributed by atoms with Gasteiger partial charge in [-0.25, -0.2) is 0 Å². The Hall–Kier alpha value is -4.89. The number of benzene rings is 4. The van der Waals surface area contributed by atoms with E-state index in [1.807, 2.05) is 12.2 Å². The van der Waals surface area contributed by atoms with Crippen molar-refractivity contribution >= 4 is 38.7 Å². The molecule has 0 atom stereocenters. The third-order valence-electron chi connectivity index (χ3n) is 11.6. The second-order valence-corrected chi connectivity index (χ2v) is 15.7. The van der Waals surface area contributed by atoms with Gasteiger partial charge < -0.3 is 9.80 Å². The Labute approximate surface area is 311 Å². The standard InChI is InChI=1S/C49H54N2O/c1-7-9-33-50-41-31-29-35-19-11-15-23-39(35)45(41)48(3,4)43(50)25-17-13-21-37-27-28-38(47(37)52)22-14-18-26-44-49(5,6)46-40-24-16-12-20-36(40)30-32-42(46)51(44)34-10-8-2/h11-26,29-32H,7-10,27-28,33-34H2,1-6H3/b17-13+,18-14+,37-21+,38-22+,43-25+,44-26+. The van der Waals surface area contributed by atoms with Gasteiger partial charge in [0.05, 0.1) is 0 Å². The number of nitrogens with zero attached hydrogens (tertiary/aromatic N) is 2. The molecule has 4 aromatic rings. The number of ketones is 1. The normalized spacial score (nSPS) is 21.1. The molecule has 0 radical (unpaired) electrons. The molecule has 4 aromatic carbocycles. The molecule has 2 aliphatic heterocycles. The fourth-order valence-electron chi connectivity index (χ4n) is 8.84. The zero-order chi connectivity index (χ0) is 36.5. The molecule has 1 aliphatic carbocycles. The van der Waals surface area contributed by atoms with Crippen LogP contribution in [0.4, 0.5) is 11.4 Å². The van der Waals surface area contributed by atoms with Crippen LogP contribution >= 0.6 is 0 Å². The molecule has 0 unspecified atom stereocenters. The molecular formula is C49H54N2O. The van der Waals surface area contributed by atoms with Crippen molar-refractivity contribution in [2.24, 2.45) is 0 Å². The molecule has 266 valence electrons. The minimum absolute atomic E-state index is 0.126. The van der Waals surface area contributed by atoms with Gasteiger partial charge in [0.25, 0.3) is 0 Å². The van der Waals surface area contributed by atoms with E-state index in [1.54, 1.807) is 0 Å². The maximum Gasteiger partial charge on any atom is 0.185 e. The number of fused-ring (bicyclic) bond motifs is 6. The second kappa shape index (κ2) is 14.6. The zero-order valence-corrected chi connectivity index (χ0v) is 32.0. The van der Waals surface area contributed by atoms with Crippen LogP contribution in [0.2, 0.25) is 0 Å². The predicted molar refractivity (Wildman–Crippen MR) is 223 cm³/mol. The van der Waals surface area contributed by atoms with Gasteiger partial charge in [0.2, 0.25) is 0 Å². The molecule has 1 saturated carbocycles. The fourth-order valence-corrected chi connectivity index (χ4v) is 8.84. The van der Waals surface area contributed by atoms with Crippen LogP contribution < -0.4 is 9.80 Å². The van der Waals surface area contributed by atoms with Crippen LogP contribution in [0.1, 0.15) is 91.2 Å². The number of carbonyl (C=O) groups excluding carboxylic acids is 1. The molecule has 3 aliphatic rings. The van der Waals surface area contributed by atoms with Crippen LogP contribution in [0.15, 0.2) is 144 Å². The van der Waals surface area contributed by atoms with Crippen LogP contribution in [0.3, 0.4) is 0 Å². The summed E-state index contributed by atoms with van der Waals surface area (Å²) in [6.45, 7) is 15.9. The number of rotatable bonds is 10. The summed E-state index contributed by atoms with van der Waals surface area (Å²) in [6, 6.07) is 26.6. The molecule has 0 saturated heterocycles. The van der Waals surface area contributed by atoms with Crippen molar-refractivity contribution in [3.8, 4) is 0 Å². The van der Waals surface area contributed by atoms with Gasteiger partial charge in [0, 0.05) is 57.8 Å². The number of anilines is 2. The molecule has 7 rings (SSSR count). The lowest BCUT2D eigenvalue weighted by molar-refractivity contribution is -0.111. The molecule has 0 N–H and O–H groups in total. The first kappa shape index (κ1) is 35.5. The molecule has 0 spiro atoms. The Morgan fingerprint density at radius 3 is 1.38 bits per heavy atom. The van der Waals surface area contributed by atoms with Crippen LogP contribution in [0.25, 0.3) is 21.5 Å². The maximum absolute atomic E-state index is 13.4. The molecule has 3 heteroatoms. The topological polar surface area (TPSA) is 23.6 Å². The van der Waals surface area contributed by atoms with Gasteiger partial charge in [0.1, 0.15) is 0 Å². The highest BCUT2D eigenvalue weighted by Crippen LogP contribution is 2.52. The second-order valence-electron chi connectivity index (χ2n) is 15.7. The Balaban J connectivity index is 1.09. The van der Waals surface area contributed by atoms with Crippen molar-refractivity contribution in [1.82, 2.24) is 0 Å². The average Bonchev–Trinajstić information content (AvgIpc) is 3.69. The Kier molecular flexibility index (Phi) is 9.98. The molecule has 52 heavy (non-hydrogen) atoms. The van der Waals surface area contributed by atoms with Crippen LogP contribution in [-0.4, -0.2) is 18.9 Å². The highest BCUT2D eigenvalue weighted by molar-refractivity contribution is 6.11. The molecule has 0 amide bonds. The Morgan fingerprint density at radius 2 is 0.962 bits per heavy atom. The van der Waals surface area contributed by atoms with E-state index in [4.69, 9.17) is 0 Å². The summed E-state index contributed by atoms with van der Waals surface area (Å²) in [5.74, 6) is 0.170.